The van der Waals surface area contributed by atoms with Crippen molar-refractivity contribution in [1.82, 2.24) is 5.32 Å². The number of rotatable bonds is 5. The van der Waals surface area contributed by atoms with Gasteiger partial charge in [0, 0.05) is 6.04 Å². The third-order valence-corrected chi connectivity index (χ3v) is 5.29. The van der Waals surface area contributed by atoms with Crippen LogP contribution in [0.1, 0.15) is 75.6 Å². The molecule has 1 aromatic carbocycles. The molecule has 0 heterocycles. The molecule has 0 aliphatic heterocycles. The number of benzene rings is 1. The Morgan fingerprint density at radius 1 is 1.10 bits per heavy atom. The van der Waals surface area contributed by atoms with Crippen LogP contribution >= 0.6 is 0 Å². The summed E-state index contributed by atoms with van der Waals surface area (Å²) in [5.41, 5.74) is 4.97. The monoisotopic (exact) mass is 273 g/mol. The fourth-order valence-electron chi connectivity index (χ4n) is 3.98. The highest BCUT2D eigenvalue weighted by Crippen LogP contribution is 2.46. The molecule has 1 aromatic rings. The maximum atomic E-state index is 3.65. The third-order valence-electron chi connectivity index (χ3n) is 5.29. The van der Waals surface area contributed by atoms with Gasteiger partial charge in [-0.15, -0.1) is 0 Å². The molecule has 0 bridgehead atoms. The zero-order chi connectivity index (χ0) is 14.6. The molecule has 0 spiro atoms. The Labute approximate surface area is 125 Å². The van der Waals surface area contributed by atoms with Crippen LogP contribution in [-0.2, 0) is 12.8 Å². The van der Waals surface area contributed by atoms with Crippen LogP contribution in [0.25, 0.3) is 0 Å². The summed E-state index contributed by atoms with van der Waals surface area (Å²) in [4.78, 5) is 0. The minimum Gasteiger partial charge on any atom is -0.313 e. The fourth-order valence-corrected chi connectivity index (χ4v) is 3.98. The van der Waals surface area contributed by atoms with Crippen LogP contribution in [0.4, 0.5) is 0 Å². The van der Waals surface area contributed by atoms with Crippen molar-refractivity contribution in [3.05, 3.63) is 34.9 Å². The van der Waals surface area contributed by atoms with Crippen LogP contribution in [0.15, 0.2) is 18.2 Å². The molecule has 1 saturated carbocycles. The van der Waals surface area contributed by atoms with Crippen molar-refractivity contribution >= 4 is 0 Å². The molecule has 1 unspecified atom stereocenters. The molecule has 0 aromatic heterocycles. The first-order valence-electron chi connectivity index (χ1n) is 8.43. The first kappa shape index (κ1) is 15.6. The summed E-state index contributed by atoms with van der Waals surface area (Å²) in [5, 5.41) is 3.65. The Bertz CT molecular complexity index is 429. The van der Waals surface area contributed by atoms with Crippen molar-refractivity contribution < 1.29 is 0 Å². The van der Waals surface area contributed by atoms with Gasteiger partial charge in [-0.05, 0) is 54.8 Å². The van der Waals surface area contributed by atoms with Gasteiger partial charge < -0.3 is 5.32 Å². The van der Waals surface area contributed by atoms with E-state index >= 15 is 0 Å². The van der Waals surface area contributed by atoms with Crippen molar-refractivity contribution in [3.63, 3.8) is 0 Å². The van der Waals surface area contributed by atoms with Gasteiger partial charge in [-0.3, -0.25) is 0 Å². The molecule has 0 saturated heterocycles. The van der Waals surface area contributed by atoms with E-state index in [1.165, 1.54) is 43.2 Å². The van der Waals surface area contributed by atoms with E-state index in [4.69, 9.17) is 0 Å². The van der Waals surface area contributed by atoms with Gasteiger partial charge in [-0.25, -0.2) is 0 Å². The molecular weight excluding hydrogens is 242 g/mol. The minimum atomic E-state index is 0.420. The second-order valence-corrected chi connectivity index (χ2v) is 6.68. The van der Waals surface area contributed by atoms with Gasteiger partial charge in [0.1, 0.15) is 0 Å². The second-order valence-electron chi connectivity index (χ2n) is 6.68. The fraction of sp³-hybridized carbons (Fsp3) is 0.684. The van der Waals surface area contributed by atoms with Crippen LogP contribution in [0.2, 0.25) is 0 Å². The van der Waals surface area contributed by atoms with Gasteiger partial charge in [-0.2, -0.15) is 0 Å². The summed E-state index contributed by atoms with van der Waals surface area (Å²) in [6.45, 7) is 7.02. The Kier molecular flexibility index (Phi) is 5.26. The standard InChI is InChI=1S/C19H31N/c1-5-15-10-11-16(6-2)17(14-15)18(20-4)19(3)12-8-7-9-13-19/h10-11,14,18,20H,5-9,12-13H2,1-4H3. The van der Waals surface area contributed by atoms with E-state index in [0.717, 1.165) is 12.8 Å². The second kappa shape index (κ2) is 6.76. The van der Waals surface area contributed by atoms with Crippen molar-refractivity contribution in [2.45, 2.75) is 71.8 Å². The first-order chi connectivity index (χ1) is 9.64. The van der Waals surface area contributed by atoms with E-state index in [0.29, 0.717) is 11.5 Å². The third kappa shape index (κ3) is 3.09. The molecule has 1 nitrogen and oxygen atoms in total. The van der Waals surface area contributed by atoms with Crippen LogP contribution in [0, 0.1) is 5.41 Å². The maximum Gasteiger partial charge on any atom is 0.0374 e. The highest BCUT2D eigenvalue weighted by Gasteiger charge is 2.36. The topological polar surface area (TPSA) is 12.0 Å². The molecule has 1 atom stereocenters. The summed E-state index contributed by atoms with van der Waals surface area (Å²) < 4.78 is 0. The Balaban J connectivity index is 2.39. The van der Waals surface area contributed by atoms with Gasteiger partial charge in [0.15, 0.2) is 0 Å². The molecule has 112 valence electrons. The lowest BCUT2D eigenvalue weighted by Crippen LogP contribution is -2.36. The van der Waals surface area contributed by atoms with Gasteiger partial charge in [-0.1, -0.05) is 58.2 Å². The zero-order valence-corrected chi connectivity index (χ0v) is 13.8. The van der Waals surface area contributed by atoms with E-state index in [2.05, 4.69) is 51.3 Å². The van der Waals surface area contributed by atoms with E-state index in [1.807, 2.05) is 0 Å². The van der Waals surface area contributed by atoms with Gasteiger partial charge in [0.2, 0.25) is 0 Å². The molecular formula is C19H31N. The Hall–Kier alpha value is -0.820. The van der Waals surface area contributed by atoms with E-state index in [9.17, 15) is 0 Å². The van der Waals surface area contributed by atoms with Crippen LogP contribution in [-0.4, -0.2) is 7.05 Å². The molecule has 1 aliphatic rings. The summed E-state index contributed by atoms with van der Waals surface area (Å²) in [6, 6.07) is 7.62. The minimum absolute atomic E-state index is 0.420. The summed E-state index contributed by atoms with van der Waals surface area (Å²) in [6.07, 6.45) is 9.18. The molecule has 1 fully saturated rings. The van der Waals surface area contributed by atoms with E-state index in [-0.39, 0.29) is 0 Å². The number of hydrogen-bond acceptors (Lipinski definition) is 1. The Morgan fingerprint density at radius 2 is 1.80 bits per heavy atom. The normalized spacial score (nSPS) is 19.8. The van der Waals surface area contributed by atoms with E-state index in [1.54, 1.807) is 5.56 Å². The molecule has 1 aliphatic carbocycles. The molecule has 0 radical (unpaired) electrons. The smallest absolute Gasteiger partial charge is 0.0374 e. The van der Waals surface area contributed by atoms with Crippen LogP contribution < -0.4 is 5.32 Å². The molecule has 1 heteroatoms. The van der Waals surface area contributed by atoms with E-state index < -0.39 is 0 Å². The maximum absolute atomic E-state index is 3.65. The number of nitrogens with one attached hydrogen (secondary N) is 1. The largest absolute Gasteiger partial charge is 0.313 e. The molecule has 2 rings (SSSR count). The van der Waals surface area contributed by atoms with Gasteiger partial charge in [0.05, 0.1) is 0 Å². The molecule has 0 amide bonds. The summed E-state index contributed by atoms with van der Waals surface area (Å²) >= 11 is 0. The number of hydrogen-bond donors (Lipinski definition) is 1. The van der Waals surface area contributed by atoms with Crippen molar-refractivity contribution in [1.29, 1.82) is 0 Å². The molecule has 1 N–H and O–H groups in total. The first-order valence-corrected chi connectivity index (χ1v) is 8.43. The quantitative estimate of drug-likeness (QED) is 0.792. The SMILES string of the molecule is CCc1ccc(CC)c(C(NC)C2(C)CCCCC2)c1. The predicted octanol–water partition coefficient (Wildman–Crippen LogP) is 5.04. The lowest BCUT2D eigenvalue weighted by Gasteiger charge is -2.42. The molecule has 20 heavy (non-hydrogen) atoms. The average Bonchev–Trinajstić information content (AvgIpc) is 2.48. The van der Waals surface area contributed by atoms with Crippen molar-refractivity contribution in [2.75, 3.05) is 7.05 Å². The summed E-state index contributed by atoms with van der Waals surface area (Å²) in [5.74, 6) is 0. The lowest BCUT2D eigenvalue weighted by molar-refractivity contribution is 0.150. The van der Waals surface area contributed by atoms with Crippen LogP contribution in [0.3, 0.4) is 0 Å². The van der Waals surface area contributed by atoms with Crippen molar-refractivity contribution in [2.24, 2.45) is 5.41 Å². The number of aryl methyl sites for hydroxylation is 2. The van der Waals surface area contributed by atoms with Crippen molar-refractivity contribution in [3.8, 4) is 0 Å². The Morgan fingerprint density at radius 3 is 2.35 bits per heavy atom. The summed E-state index contributed by atoms with van der Waals surface area (Å²) in [7, 11) is 2.14. The van der Waals surface area contributed by atoms with Crippen LogP contribution in [0.5, 0.6) is 0 Å². The highest BCUT2D eigenvalue weighted by molar-refractivity contribution is 5.36. The zero-order valence-electron chi connectivity index (χ0n) is 13.8. The predicted molar refractivity (Wildman–Crippen MR) is 88.2 cm³/mol. The van der Waals surface area contributed by atoms with Gasteiger partial charge in [0.25, 0.3) is 0 Å². The highest BCUT2D eigenvalue weighted by atomic mass is 14.9. The lowest BCUT2D eigenvalue weighted by atomic mass is 9.68. The average molecular weight is 273 g/mol. The van der Waals surface area contributed by atoms with Gasteiger partial charge >= 0.3 is 0 Å².